The van der Waals surface area contributed by atoms with E-state index >= 15 is 0 Å². The highest BCUT2D eigenvalue weighted by atomic mass is 32.2. The third-order valence-electron chi connectivity index (χ3n) is 20.4. The molecule has 2 N–H and O–H groups in total. The normalized spacial score (nSPS) is 12.4. The van der Waals surface area contributed by atoms with E-state index in [0.29, 0.717) is 18.7 Å². The van der Waals surface area contributed by atoms with Gasteiger partial charge in [0.25, 0.3) is 0 Å². The molecule has 0 spiro atoms. The van der Waals surface area contributed by atoms with Crippen molar-refractivity contribution in [3.63, 3.8) is 0 Å². The van der Waals surface area contributed by atoms with Crippen molar-refractivity contribution >= 4 is 43.6 Å². The van der Waals surface area contributed by atoms with Crippen LogP contribution in [-0.2, 0) is 84.0 Å². The maximum atomic E-state index is 9.80. The molecule has 4 atom stereocenters. The summed E-state index contributed by atoms with van der Waals surface area (Å²) in [5.41, 5.74) is 5.28. The van der Waals surface area contributed by atoms with Crippen LogP contribution in [0.15, 0.2) is 398 Å². The zero-order chi connectivity index (χ0) is 81.9. The quantitative estimate of drug-likeness (QED) is 0.0365. The third kappa shape index (κ3) is 28.5. The summed E-state index contributed by atoms with van der Waals surface area (Å²) in [4.78, 5) is 25.8. The van der Waals surface area contributed by atoms with Gasteiger partial charge in [-0.25, -0.2) is 0 Å². The molecule has 0 heterocycles. The number of ether oxygens (including phenoxy) is 3. The van der Waals surface area contributed by atoms with Crippen LogP contribution in [0, 0.1) is 0 Å². The number of rotatable bonds is 40. The molecule has 0 bridgehead atoms. The van der Waals surface area contributed by atoms with Crippen molar-refractivity contribution in [1.82, 2.24) is 19.6 Å². The molecule has 0 saturated heterocycles. The fraction of sp³-hybridized carbons (Fsp3) is 0.301. The van der Waals surface area contributed by atoms with Gasteiger partial charge in [-0.3, -0.25) is 19.6 Å². The molecule has 12 aromatic rings. The lowest BCUT2D eigenvalue weighted by Gasteiger charge is -2.29. The van der Waals surface area contributed by atoms with Crippen molar-refractivity contribution in [2.45, 2.75) is 183 Å². The van der Waals surface area contributed by atoms with Crippen LogP contribution in [0.4, 0.5) is 0 Å². The number of aliphatic hydroxyl groups excluding tert-OH is 2. The first-order valence-electron chi connectivity index (χ1n) is 41.4. The highest BCUT2D eigenvalue weighted by molar-refractivity contribution is 7.98. The minimum absolute atomic E-state index is 0.0844. The molecule has 0 amide bonds. The summed E-state index contributed by atoms with van der Waals surface area (Å²) in [6.45, 7) is 25.5. The molecule has 0 radical (unpaired) electrons. The minimum Gasteiger partial charge on any atom is -0.395 e. The Kier molecular flexibility index (Phi) is 40.9. The standard InChI is InChI=1S/C26H32NO2S.2C26H32NOS.C25H30NOS/c1-22(21-29-3)27(18-19-28-2)20-23-14-16-26(17-15-23)30(24-10-6-4-7-11-24)25-12-8-5-9-13-25;1-4-23(21-28-3)27(5-2)20-22-16-18-26(19-17-22)29(24-12-8-6-9-13-24)25-14-10-7-11-15-25;1-3-18-27(23(4-2)21-28)20-22-12-11-17-26(19-22)29(24-13-7-5-8-14-24)25-15-9-6-10-16-25;1-3-17-26(21(2)20-27)19-22-11-10-16-25(18-22)28(23-12-6-4-7-13-23)24-14-8-5-9-15-24/h4-17,22H,18-21H2,1-3H3;6-19,23H,4-5,20-21H2,1-3H3;5-17,19,23,28H,3-4,18,20-21H2,1-2H3;4-16,18,21,27H,3,17,19-20H2,1-2H3/q4*+1. The average molecular weight is 1630 g/mol. The maximum absolute atomic E-state index is 9.80. The minimum atomic E-state index is -0.126. The first kappa shape index (κ1) is 91.6. The number of benzene rings is 12. The van der Waals surface area contributed by atoms with Gasteiger partial charge in [-0.15, -0.1) is 0 Å². The smallest absolute Gasteiger partial charge is 0.166 e. The second-order valence-electron chi connectivity index (χ2n) is 28.9. The van der Waals surface area contributed by atoms with E-state index in [-0.39, 0.29) is 68.9 Å². The number of aliphatic hydroxyl groups is 2. The van der Waals surface area contributed by atoms with Gasteiger partial charge in [-0.2, -0.15) is 0 Å². The molecule has 0 aromatic heterocycles. The molecule has 9 nitrogen and oxygen atoms in total. The molecule has 4 unspecified atom stereocenters. The van der Waals surface area contributed by atoms with E-state index in [9.17, 15) is 10.2 Å². The lowest BCUT2D eigenvalue weighted by atomic mass is 10.1. The lowest BCUT2D eigenvalue weighted by molar-refractivity contribution is 0.0705. The monoisotopic (exact) mass is 1630 g/mol. The fourth-order valence-electron chi connectivity index (χ4n) is 14.2. The molecule has 0 fully saturated rings. The van der Waals surface area contributed by atoms with Crippen molar-refractivity contribution in [2.75, 3.05) is 80.5 Å². The van der Waals surface area contributed by atoms with E-state index in [2.05, 4.69) is 408 Å². The second kappa shape index (κ2) is 51.8. The van der Waals surface area contributed by atoms with Crippen LogP contribution in [0.1, 0.15) is 96.4 Å². The number of hydrogen-bond donors (Lipinski definition) is 2. The van der Waals surface area contributed by atoms with Crippen LogP contribution in [0.5, 0.6) is 0 Å². The highest BCUT2D eigenvalue weighted by Gasteiger charge is 2.33. The van der Waals surface area contributed by atoms with Crippen LogP contribution in [-0.4, -0.2) is 135 Å². The Morgan fingerprint density at radius 2 is 0.552 bits per heavy atom. The first-order valence-corrected chi connectivity index (χ1v) is 46.3. The lowest BCUT2D eigenvalue weighted by Crippen LogP contribution is -2.38. The highest BCUT2D eigenvalue weighted by Crippen LogP contribution is 2.36. The summed E-state index contributed by atoms with van der Waals surface area (Å²) >= 11 is 0. The molecule has 0 aliphatic rings. The Morgan fingerprint density at radius 3 is 0.845 bits per heavy atom. The number of methoxy groups -OCH3 is 3. The van der Waals surface area contributed by atoms with Gasteiger partial charge in [0, 0.05) is 78.2 Å². The zero-order valence-electron chi connectivity index (χ0n) is 70.2. The molecule has 116 heavy (non-hydrogen) atoms. The number of likely N-dealkylation sites (N-methyl/N-ethyl adjacent to an activating group) is 1. The molecule has 12 rings (SSSR count). The molecular weight excluding hydrogens is 1500 g/mol. The zero-order valence-corrected chi connectivity index (χ0v) is 73.5. The van der Waals surface area contributed by atoms with Crippen LogP contribution in [0.25, 0.3) is 0 Å². The molecule has 12 aromatic carbocycles. The van der Waals surface area contributed by atoms with E-state index in [0.717, 1.165) is 91.3 Å². The SMILES string of the molecule is CCC(COC)N(CC)Cc1ccc([S+](c2ccccc2)c2ccccc2)cc1.CCCN(Cc1cccc([S+](c2ccccc2)c2ccccc2)c1)C(C)CO.CCCN(Cc1cccc([S+](c2ccccc2)c2ccccc2)c1)C(CC)CO.COCCN(Cc1ccc([S+](c2ccccc2)c2ccccc2)cc1)C(C)COC. The Balaban J connectivity index is 0.000000177. The van der Waals surface area contributed by atoms with Gasteiger partial charge in [0.15, 0.2) is 58.7 Å². The Labute approximate surface area is 708 Å². The van der Waals surface area contributed by atoms with E-state index in [1.54, 1.807) is 21.3 Å². The molecule has 0 aliphatic carbocycles. The summed E-state index contributed by atoms with van der Waals surface area (Å²) in [5.74, 6) is 0. The molecule has 0 aliphatic heterocycles. The van der Waals surface area contributed by atoms with E-state index in [4.69, 9.17) is 14.2 Å². The predicted octanol–water partition coefficient (Wildman–Crippen LogP) is 22.4. The van der Waals surface area contributed by atoms with E-state index < -0.39 is 0 Å². The number of hydrogen-bond acceptors (Lipinski definition) is 9. The summed E-state index contributed by atoms with van der Waals surface area (Å²) in [7, 11) is 4.86. The van der Waals surface area contributed by atoms with E-state index in [1.807, 2.05) is 0 Å². The second-order valence-corrected chi connectivity index (χ2v) is 37.0. The predicted molar refractivity (Wildman–Crippen MR) is 491 cm³/mol. The van der Waals surface area contributed by atoms with Gasteiger partial charge in [0.05, 0.1) is 76.6 Å². The Hall–Kier alpha value is -8.32. The summed E-state index contributed by atoms with van der Waals surface area (Å²) in [5, 5.41) is 19.4. The van der Waals surface area contributed by atoms with Gasteiger partial charge in [-0.1, -0.05) is 229 Å². The number of nitrogens with zero attached hydrogens (tertiary/aromatic N) is 4. The summed E-state index contributed by atoms with van der Waals surface area (Å²) in [6, 6.07) is 124. The average Bonchev–Trinajstić information content (AvgIpc) is 0.826. The van der Waals surface area contributed by atoms with Crippen molar-refractivity contribution in [3.05, 3.63) is 362 Å². The van der Waals surface area contributed by atoms with Gasteiger partial charge in [-0.05, 0) is 227 Å². The van der Waals surface area contributed by atoms with Gasteiger partial charge >= 0.3 is 0 Å². The van der Waals surface area contributed by atoms with Crippen LogP contribution < -0.4 is 0 Å². The topological polar surface area (TPSA) is 81.1 Å². The van der Waals surface area contributed by atoms with Crippen molar-refractivity contribution in [3.8, 4) is 0 Å². The van der Waals surface area contributed by atoms with Gasteiger partial charge < -0.3 is 24.4 Å². The van der Waals surface area contributed by atoms with Crippen LogP contribution in [0.2, 0.25) is 0 Å². The Bertz CT molecular complexity index is 4390. The molecular formula is C103H126N4O5S4+4. The van der Waals surface area contributed by atoms with Gasteiger partial charge in [0.2, 0.25) is 0 Å². The fourth-order valence-corrected chi connectivity index (χ4v) is 22.7. The first-order chi connectivity index (χ1) is 57.0. The van der Waals surface area contributed by atoms with E-state index in [1.165, 1.54) is 81.0 Å². The Morgan fingerprint density at radius 1 is 0.267 bits per heavy atom. The largest absolute Gasteiger partial charge is 0.395 e. The van der Waals surface area contributed by atoms with Crippen LogP contribution in [0.3, 0.4) is 0 Å². The van der Waals surface area contributed by atoms with Gasteiger partial charge in [0.1, 0.15) is 0 Å². The molecule has 0 saturated carbocycles. The van der Waals surface area contributed by atoms with Crippen LogP contribution >= 0.6 is 0 Å². The summed E-state index contributed by atoms with van der Waals surface area (Å²) in [6.07, 6.45) is 4.25. The molecule has 13 heteroatoms. The summed E-state index contributed by atoms with van der Waals surface area (Å²) < 4.78 is 16.1. The van der Waals surface area contributed by atoms with Crippen molar-refractivity contribution in [1.29, 1.82) is 0 Å². The molecule has 608 valence electrons. The maximum Gasteiger partial charge on any atom is 0.166 e. The van der Waals surface area contributed by atoms with Crippen molar-refractivity contribution < 1.29 is 24.4 Å². The third-order valence-corrected chi connectivity index (χ3v) is 29.3. The van der Waals surface area contributed by atoms with Crippen molar-refractivity contribution in [2.24, 2.45) is 0 Å².